The Morgan fingerprint density at radius 1 is 0.964 bits per heavy atom. The van der Waals surface area contributed by atoms with E-state index >= 15 is 0 Å². The Bertz CT molecular complexity index is 787. The van der Waals surface area contributed by atoms with E-state index in [-0.39, 0.29) is 11.9 Å². The van der Waals surface area contributed by atoms with Crippen molar-refractivity contribution in [3.05, 3.63) is 54.6 Å². The van der Waals surface area contributed by atoms with Crippen LogP contribution < -0.4 is 20.3 Å². The first kappa shape index (κ1) is 19.5. The van der Waals surface area contributed by atoms with E-state index in [4.69, 9.17) is 4.74 Å². The minimum Gasteiger partial charge on any atom is -0.497 e. The molecule has 1 fully saturated rings. The number of carbonyl (C=O) groups excluding carboxylic acids is 2. The van der Waals surface area contributed by atoms with Crippen molar-refractivity contribution in [3.63, 3.8) is 0 Å². The number of ether oxygens (including phenoxy) is 1. The number of para-hydroxylation sites is 1. The number of methoxy groups -OCH3 is 1. The summed E-state index contributed by atoms with van der Waals surface area (Å²) in [5, 5.41) is 5.57. The van der Waals surface area contributed by atoms with Gasteiger partial charge in [0.15, 0.2) is 0 Å². The lowest BCUT2D eigenvalue weighted by Crippen LogP contribution is -2.54. The number of amides is 3. The van der Waals surface area contributed by atoms with Crippen LogP contribution in [0.4, 0.5) is 16.2 Å². The molecule has 2 N–H and O–H groups in total. The largest absolute Gasteiger partial charge is 0.497 e. The van der Waals surface area contributed by atoms with E-state index in [1.807, 2.05) is 18.2 Å². The third kappa shape index (κ3) is 4.94. The number of carbonyl (C=O) groups is 2. The lowest BCUT2D eigenvalue weighted by molar-refractivity contribution is -0.117. The molecule has 1 atom stereocenters. The third-order valence-electron chi connectivity index (χ3n) is 4.78. The molecule has 7 nitrogen and oxygen atoms in total. The average Bonchev–Trinajstić information content (AvgIpc) is 2.75. The van der Waals surface area contributed by atoms with Crippen LogP contribution in [0.25, 0.3) is 0 Å². The van der Waals surface area contributed by atoms with E-state index in [0.29, 0.717) is 24.5 Å². The zero-order chi connectivity index (χ0) is 19.9. The molecular weight excluding hydrogens is 356 g/mol. The summed E-state index contributed by atoms with van der Waals surface area (Å²) >= 11 is 0. The minimum absolute atomic E-state index is 0.218. The molecule has 1 aliphatic rings. The molecule has 1 saturated heterocycles. The van der Waals surface area contributed by atoms with Gasteiger partial charge in [0.1, 0.15) is 11.8 Å². The molecule has 148 valence electrons. The molecule has 7 heteroatoms. The van der Waals surface area contributed by atoms with Crippen molar-refractivity contribution < 1.29 is 14.3 Å². The summed E-state index contributed by atoms with van der Waals surface area (Å²) in [5.41, 5.74) is 1.82. The highest BCUT2D eigenvalue weighted by molar-refractivity contribution is 5.96. The molecule has 2 aromatic rings. The van der Waals surface area contributed by atoms with Crippen LogP contribution in [0.3, 0.4) is 0 Å². The van der Waals surface area contributed by atoms with Crippen LogP contribution in [0.2, 0.25) is 0 Å². The van der Waals surface area contributed by atoms with Crippen LogP contribution in [0.15, 0.2) is 54.6 Å². The second kappa shape index (κ2) is 9.12. The van der Waals surface area contributed by atoms with Crippen molar-refractivity contribution in [1.29, 1.82) is 0 Å². The smallest absolute Gasteiger partial charge is 0.318 e. The third-order valence-corrected chi connectivity index (χ3v) is 4.78. The fourth-order valence-corrected chi connectivity index (χ4v) is 3.07. The molecule has 0 saturated carbocycles. The molecule has 0 spiro atoms. The van der Waals surface area contributed by atoms with Gasteiger partial charge < -0.3 is 25.2 Å². The molecule has 3 amide bonds. The van der Waals surface area contributed by atoms with Gasteiger partial charge in [0.05, 0.1) is 7.11 Å². The molecule has 28 heavy (non-hydrogen) atoms. The number of benzene rings is 2. The van der Waals surface area contributed by atoms with Crippen molar-refractivity contribution in [2.75, 3.05) is 43.5 Å². The zero-order valence-corrected chi connectivity index (χ0v) is 16.2. The standard InChI is InChI=1S/C21H26N4O3/c1-16(20(26)23-17-8-10-19(28-2)11-9-17)22-21(27)25-14-12-24(13-15-25)18-6-4-3-5-7-18/h3-11,16H,12-15H2,1-2H3,(H,22,27)(H,23,26)/t16-/m0/s1. The topological polar surface area (TPSA) is 73.9 Å². The summed E-state index contributed by atoms with van der Waals surface area (Å²) < 4.78 is 5.10. The Labute approximate surface area is 165 Å². The molecule has 0 unspecified atom stereocenters. The number of hydrogen-bond acceptors (Lipinski definition) is 4. The monoisotopic (exact) mass is 382 g/mol. The molecule has 0 aliphatic carbocycles. The van der Waals surface area contributed by atoms with Gasteiger partial charge in [-0.25, -0.2) is 4.79 Å². The fraction of sp³-hybridized carbons (Fsp3) is 0.333. The van der Waals surface area contributed by atoms with Gasteiger partial charge in [0.25, 0.3) is 0 Å². The van der Waals surface area contributed by atoms with Gasteiger partial charge in [-0.1, -0.05) is 18.2 Å². The molecule has 0 aromatic heterocycles. The average molecular weight is 382 g/mol. The quantitative estimate of drug-likeness (QED) is 0.834. The van der Waals surface area contributed by atoms with Crippen molar-refractivity contribution in [2.24, 2.45) is 0 Å². The highest BCUT2D eigenvalue weighted by Crippen LogP contribution is 2.16. The summed E-state index contributed by atoms with van der Waals surface area (Å²) in [6.07, 6.45) is 0. The molecule has 0 bridgehead atoms. The van der Waals surface area contributed by atoms with Gasteiger partial charge in [-0.15, -0.1) is 0 Å². The predicted octanol–water partition coefficient (Wildman–Crippen LogP) is 2.55. The van der Waals surface area contributed by atoms with E-state index in [1.54, 1.807) is 43.2 Å². The normalized spacial score (nSPS) is 14.9. The van der Waals surface area contributed by atoms with Crippen molar-refractivity contribution in [1.82, 2.24) is 10.2 Å². The first-order valence-electron chi connectivity index (χ1n) is 9.37. The SMILES string of the molecule is COc1ccc(NC(=O)[C@H](C)NC(=O)N2CCN(c3ccccc3)CC2)cc1. The van der Waals surface area contributed by atoms with Crippen molar-refractivity contribution >= 4 is 23.3 Å². The van der Waals surface area contributed by atoms with Gasteiger partial charge in [0, 0.05) is 37.6 Å². The van der Waals surface area contributed by atoms with E-state index in [2.05, 4.69) is 27.7 Å². The van der Waals surface area contributed by atoms with E-state index in [1.165, 1.54) is 0 Å². The number of hydrogen-bond donors (Lipinski definition) is 2. The summed E-state index contributed by atoms with van der Waals surface area (Å²) in [6.45, 7) is 4.45. The number of anilines is 2. The summed E-state index contributed by atoms with van der Waals surface area (Å²) in [6, 6.07) is 16.4. The predicted molar refractivity (Wildman–Crippen MR) is 110 cm³/mol. The summed E-state index contributed by atoms with van der Waals surface area (Å²) in [7, 11) is 1.59. The maximum Gasteiger partial charge on any atom is 0.318 e. The van der Waals surface area contributed by atoms with Crippen LogP contribution in [0.1, 0.15) is 6.92 Å². The summed E-state index contributed by atoms with van der Waals surface area (Å²) in [5.74, 6) is 0.454. The molecule has 0 radical (unpaired) electrons. The molecule has 1 aliphatic heterocycles. The van der Waals surface area contributed by atoms with E-state index in [9.17, 15) is 9.59 Å². The Hall–Kier alpha value is -3.22. The highest BCUT2D eigenvalue weighted by Gasteiger charge is 2.24. The first-order chi connectivity index (χ1) is 13.6. The first-order valence-corrected chi connectivity index (χ1v) is 9.37. The van der Waals surface area contributed by atoms with Crippen LogP contribution in [-0.2, 0) is 4.79 Å². The van der Waals surface area contributed by atoms with Crippen LogP contribution in [0, 0.1) is 0 Å². The van der Waals surface area contributed by atoms with Crippen LogP contribution in [-0.4, -0.2) is 56.2 Å². The zero-order valence-electron chi connectivity index (χ0n) is 16.2. The maximum absolute atomic E-state index is 12.5. The van der Waals surface area contributed by atoms with Gasteiger partial charge in [-0.2, -0.15) is 0 Å². The lowest BCUT2D eigenvalue weighted by atomic mass is 10.2. The minimum atomic E-state index is -0.637. The van der Waals surface area contributed by atoms with Gasteiger partial charge in [-0.05, 0) is 43.3 Å². The maximum atomic E-state index is 12.5. The molecule has 1 heterocycles. The van der Waals surface area contributed by atoms with Gasteiger partial charge in [-0.3, -0.25) is 4.79 Å². The van der Waals surface area contributed by atoms with Crippen molar-refractivity contribution in [2.45, 2.75) is 13.0 Å². The molecule has 3 rings (SSSR count). The van der Waals surface area contributed by atoms with E-state index < -0.39 is 6.04 Å². The molecule has 2 aromatic carbocycles. The number of rotatable bonds is 5. The fourth-order valence-electron chi connectivity index (χ4n) is 3.07. The second-order valence-electron chi connectivity index (χ2n) is 6.70. The lowest BCUT2D eigenvalue weighted by Gasteiger charge is -2.36. The molecular formula is C21H26N4O3. The Morgan fingerprint density at radius 2 is 1.61 bits per heavy atom. The van der Waals surface area contributed by atoms with Gasteiger partial charge >= 0.3 is 6.03 Å². The van der Waals surface area contributed by atoms with Crippen LogP contribution >= 0.6 is 0 Å². The van der Waals surface area contributed by atoms with Crippen LogP contribution in [0.5, 0.6) is 5.75 Å². The van der Waals surface area contributed by atoms with Gasteiger partial charge in [0.2, 0.25) is 5.91 Å². The summed E-state index contributed by atoms with van der Waals surface area (Å²) in [4.78, 5) is 28.8. The number of urea groups is 1. The Morgan fingerprint density at radius 3 is 2.21 bits per heavy atom. The number of nitrogens with zero attached hydrogens (tertiary/aromatic N) is 2. The van der Waals surface area contributed by atoms with E-state index in [0.717, 1.165) is 18.8 Å². The highest BCUT2D eigenvalue weighted by atomic mass is 16.5. The van der Waals surface area contributed by atoms with Crippen molar-refractivity contribution in [3.8, 4) is 5.75 Å². The number of nitrogens with one attached hydrogen (secondary N) is 2. The Kier molecular flexibility index (Phi) is 6.37. The second-order valence-corrected chi connectivity index (χ2v) is 6.70. The Balaban J connectivity index is 1.46. The number of piperazine rings is 1.